The summed E-state index contributed by atoms with van der Waals surface area (Å²) in [6, 6.07) is 0. The summed E-state index contributed by atoms with van der Waals surface area (Å²) in [6.45, 7) is 6.04. The van der Waals surface area contributed by atoms with Gasteiger partial charge in [-0.15, -0.1) is 0 Å². The molecule has 0 saturated carbocycles. The van der Waals surface area contributed by atoms with Crippen molar-refractivity contribution in [2.75, 3.05) is 0 Å². The highest BCUT2D eigenvalue weighted by molar-refractivity contribution is 5.94. The van der Waals surface area contributed by atoms with E-state index in [-0.39, 0.29) is 24.4 Å². The van der Waals surface area contributed by atoms with E-state index in [2.05, 4.69) is 0 Å². The normalized spacial score (nSPS) is 10.9. The minimum atomic E-state index is -0.821. The van der Waals surface area contributed by atoms with Gasteiger partial charge in [-0.2, -0.15) is 0 Å². The average Bonchev–Trinajstić information content (AvgIpc) is 1.77. The smallest absolute Gasteiger partial charge is 0.313 e. The Hall–Kier alpha value is -1.19. The minimum Gasteiger partial charge on any atom is -0.459 e. The van der Waals surface area contributed by atoms with E-state index in [0.29, 0.717) is 0 Å². The van der Waals surface area contributed by atoms with Crippen LogP contribution in [0.5, 0.6) is 0 Å². The van der Waals surface area contributed by atoms with Gasteiger partial charge in [0.2, 0.25) is 0 Å². The first-order valence-corrected chi connectivity index (χ1v) is 4.43. The largest absolute Gasteiger partial charge is 0.459 e. The summed E-state index contributed by atoms with van der Waals surface area (Å²) in [4.78, 5) is 32.5. The maximum Gasteiger partial charge on any atom is 0.313 e. The Balaban J connectivity index is 4.14. The van der Waals surface area contributed by atoms with Crippen LogP contribution in [0.25, 0.3) is 0 Å². The number of ether oxygens (including phenoxy) is 1. The maximum absolute atomic E-state index is 11.1. The molecule has 4 heteroatoms. The van der Waals surface area contributed by atoms with Crippen LogP contribution in [0.15, 0.2) is 0 Å². The van der Waals surface area contributed by atoms with Gasteiger partial charge in [0.05, 0.1) is 0 Å². The molecule has 0 spiro atoms. The molecular formula is C10H16O4. The lowest BCUT2D eigenvalue weighted by Gasteiger charge is -2.23. The second-order valence-electron chi connectivity index (χ2n) is 3.99. The maximum atomic E-state index is 11.1. The fourth-order valence-electron chi connectivity index (χ4n) is 1.18. The molecule has 0 fully saturated rings. The zero-order chi connectivity index (χ0) is 11.4. The summed E-state index contributed by atoms with van der Waals surface area (Å²) in [7, 11) is 0. The highest BCUT2D eigenvalue weighted by atomic mass is 16.6. The predicted octanol–water partition coefficient (Wildman–Crippen LogP) is 1.27. The molecule has 0 aromatic carbocycles. The zero-order valence-electron chi connectivity index (χ0n) is 9.05. The van der Waals surface area contributed by atoms with Crippen LogP contribution in [0.4, 0.5) is 0 Å². The first-order chi connectivity index (χ1) is 6.23. The van der Waals surface area contributed by atoms with Crippen molar-refractivity contribution in [3.63, 3.8) is 0 Å². The molecule has 0 N–H and O–H groups in total. The summed E-state index contributed by atoms with van der Waals surface area (Å²) in [5, 5.41) is 0. The number of hydrogen-bond donors (Lipinski definition) is 0. The Morgan fingerprint density at radius 2 is 1.57 bits per heavy atom. The molecule has 0 atom stereocenters. The van der Waals surface area contributed by atoms with E-state index in [1.54, 1.807) is 13.8 Å². The second kappa shape index (κ2) is 4.88. The molecule has 0 aliphatic carbocycles. The molecule has 80 valence electrons. The van der Waals surface area contributed by atoms with Crippen molar-refractivity contribution in [2.45, 2.75) is 46.1 Å². The van der Waals surface area contributed by atoms with E-state index in [0.717, 1.165) is 0 Å². The van der Waals surface area contributed by atoms with Gasteiger partial charge in [-0.25, -0.2) is 0 Å². The van der Waals surface area contributed by atoms with Gasteiger partial charge in [0, 0.05) is 6.42 Å². The summed E-state index contributed by atoms with van der Waals surface area (Å²) < 4.78 is 4.98. The molecular weight excluding hydrogens is 184 g/mol. The Kier molecular flexibility index (Phi) is 4.47. The number of Topliss-reactive ketones (excluding diaryl/α,β-unsaturated/α-hetero) is 2. The minimum absolute atomic E-state index is 0.0503. The third kappa shape index (κ3) is 6.34. The van der Waals surface area contributed by atoms with Crippen molar-refractivity contribution in [3.05, 3.63) is 0 Å². The number of ketones is 2. The second-order valence-corrected chi connectivity index (χ2v) is 3.99. The lowest BCUT2D eigenvalue weighted by atomic mass is 10.0. The van der Waals surface area contributed by atoms with Crippen molar-refractivity contribution in [3.8, 4) is 0 Å². The summed E-state index contributed by atoms with van der Waals surface area (Å²) >= 11 is 0. The topological polar surface area (TPSA) is 60.4 Å². The van der Waals surface area contributed by atoms with Crippen LogP contribution in [0, 0.1) is 0 Å². The van der Waals surface area contributed by atoms with E-state index in [4.69, 9.17) is 4.74 Å². The quantitative estimate of drug-likeness (QED) is 0.495. The number of esters is 1. The fourth-order valence-corrected chi connectivity index (χ4v) is 1.18. The molecule has 0 bridgehead atoms. The Bertz CT molecular complexity index is 253. The van der Waals surface area contributed by atoms with Gasteiger partial charge in [0.1, 0.15) is 23.6 Å². The lowest BCUT2D eigenvalue weighted by molar-refractivity contribution is -0.158. The van der Waals surface area contributed by atoms with Crippen LogP contribution < -0.4 is 0 Å². The molecule has 0 radical (unpaired) electrons. The highest BCUT2D eigenvalue weighted by Crippen LogP contribution is 2.15. The number of hydrogen-bond acceptors (Lipinski definition) is 4. The number of carbonyl (C=O) groups excluding carboxylic acids is 3. The number of rotatable bonds is 5. The third-order valence-corrected chi connectivity index (χ3v) is 1.46. The predicted molar refractivity (Wildman–Crippen MR) is 50.8 cm³/mol. The number of carbonyl (C=O) groups is 3. The highest BCUT2D eigenvalue weighted by Gasteiger charge is 2.25. The van der Waals surface area contributed by atoms with Crippen molar-refractivity contribution in [2.24, 2.45) is 0 Å². The standard InChI is InChI=1S/C10H16O4/c1-7(11)5-9(13)14-10(3,4)6-8(2)12/h5-6H2,1-4H3. The SMILES string of the molecule is CC(=O)CC(=O)OC(C)(C)CC(C)=O. The van der Waals surface area contributed by atoms with Crippen molar-refractivity contribution in [1.82, 2.24) is 0 Å². The van der Waals surface area contributed by atoms with Gasteiger partial charge in [0.25, 0.3) is 0 Å². The fraction of sp³-hybridized carbons (Fsp3) is 0.700. The molecule has 0 aromatic rings. The monoisotopic (exact) mass is 200 g/mol. The molecule has 14 heavy (non-hydrogen) atoms. The molecule has 0 aliphatic heterocycles. The van der Waals surface area contributed by atoms with Gasteiger partial charge >= 0.3 is 5.97 Å². The average molecular weight is 200 g/mol. The van der Waals surface area contributed by atoms with E-state index in [1.165, 1.54) is 13.8 Å². The van der Waals surface area contributed by atoms with Gasteiger partial charge in [-0.1, -0.05) is 0 Å². The first kappa shape index (κ1) is 12.8. The molecule has 0 amide bonds. The van der Waals surface area contributed by atoms with Crippen LogP contribution in [-0.2, 0) is 19.1 Å². The molecule has 0 aromatic heterocycles. The van der Waals surface area contributed by atoms with Crippen molar-refractivity contribution >= 4 is 17.5 Å². The first-order valence-electron chi connectivity index (χ1n) is 4.43. The van der Waals surface area contributed by atoms with E-state index < -0.39 is 11.6 Å². The molecule has 4 nitrogen and oxygen atoms in total. The van der Waals surface area contributed by atoms with E-state index in [1.807, 2.05) is 0 Å². The molecule has 0 rings (SSSR count). The Morgan fingerprint density at radius 1 is 1.07 bits per heavy atom. The third-order valence-electron chi connectivity index (χ3n) is 1.46. The summed E-state index contributed by atoms with van der Waals surface area (Å²) in [5.74, 6) is -0.872. The molecule has 0 unspecified atom stereocenters. The van der Waals surface area contributed by atoms with Gasteiger partial charge in [0.15, 0.2) is 0 Å². The molecule has 0 aliphatic rings. The van der Waals surface area contributed by atoms with E-state index >= 15 is 0 Å². The molecule has 0 saturated heterocycles. The van der Waals surface area contributed by atoms with Crippen LogP contribution in [0.3, 0.4) is 0 Å². The summed E-state index contributed by atoms with van der Waals surface area (Å²) in [5.41, 5.74) is -0.821. The van der Waals surface area contributed by atoms with E-state index in [9.17, 15) is 14.4 Å². The van der Waals surface area contributed by atoms with Gasteiger partial charge in [-0.05, 0) is 27.7 Å². The lowest BCUT2D eigenvalue weighted by Crippen LogP contribution is -2.30. The Labute approximate surface area is 83.6 Å². The zero-order valence-corrected chi connectivity index (χ0v) is 9.05. The van der Waals surface area contributed by atoms with Gasteiger partial charge in [-0.3, -0.25) is 14.4 Å². The van der Waals surface area contributed by atoms with Crippen LogP contribution in [-0.4, -0.2) is 23.1 Å². The molecule has 0 heterocycles. The Morgan fingerprint density at radius 3 is 1.93 bits per heavy atom. The van der Waals surface area contributed by atoms with Crippen LogP contribution >= 0.6 is 0 Å². The summed E-state index contributed by atoms with van der Waals surface area (Å²) in [6.07, 6.45) is -0.0714. The van der Waals surface area contributed by atoms with Crippen molar-refractivity contribution in [1.29, 1.82) is 0 Å². The van der Waals surface area contributed by atoms with Crippen LogP contribution in [0.1, 0.15) is 40.5 Å². The van der Waals surface area contributed by atoms with Crippen LogP contribution in [0.2, 0.25) is 0 Å². The van der Waals surface area contributed by atoms with Gasteiger partial charge < -0.3 is 4.74 Å². The van der Waals surface area contributed by atoms with Crippen molar-refractivity contribution < 1.29 is 19.1 Å².